The van der Waals surface area contributed by atoms with Gasteiger partial charge in [0.25, 0.3) is 15.9 Å². The Bertz CT molecular complexity index is 1370. The Balaban J connectivity index is 1.49. The van der Waals surface area contributed by atoms with Crippen molar-refractivity contribution in [2.45, 2.75) is 11.8 Å². The molecule has 36 heavy (non-hydrogen) atoms. The van der Waals surface area contributed by atoms with E-state index in [4.69, 9.17) is 4.74 Å². The number of ether oxygens (including phenoxy) is 2. The van der Waals surface area contributed by atoms with Crippen molar-refractivity contribution in [1.82, 2.24) is 4.98 Å². The van der Waals surface area contributed by atoms with Gasteiger partial charge >= 0.3 is 5.97 Å². The predicted molar refractivity (Wildman–Crippen MR) is 141 cm³/mol. The van der Waals surface area contributed by atoms with Crippen LogP contribution in [-0.2, 0) is 19.5 Å². The van der Waals surface area contributed by atoms with Gasteiger partial charge in [-0.25, -0.2) is 18.2 Å². The van der Waals surface area contributed by atoms with Gasteiger partial charge in [0.1, 0.15) is 10.7 Å². The summed E-state index contributed by atoms with van der Waals surface area (Å²) in [6, 6.07) is 9.41. The van der Waals surface area contributed by atoms with Crippen LogP contribution in [0.15, 0.2) is 51.3 Å². The first-order chi connectivity index (χ1) is 17.2. The zero-order valence-electron chi connectivity index (χ0n) is 19.4. The number of thiophene rings is 1. The molecule has 1 amide bonds. The number of hydrogen-bond donors (Lipinski definition) is 2. The van der Waals surface area contributed by atoms with Gasteiger partial charge in [-0.15, -0.1) is 11.3 Å². The van der Waals surface area contributed by atoms with E-state index in [0.29, 0.717) is 33.8 Å². The molecule has 190 valence electrons. The van der Waals surface area contributed by atoms with Gasteiger partial charge in [-0.2, -0.15) is 0 Å². The number of halogens is 1. The lowest BCUT2D eigenvalue weighted by Gasteiger charge is -2.27. The second-order valence-corrected chi connectivity index (χ2v) is 11.7. The van der Waals surface area contributed by atoms with Gasteiger partial charge in [0.2, 0.25) is 0 Å². The first kappa shape index (κ1) is 26.1. The minimum Gasteiger partial charge on any atom is -0.465 e. The van der Waals surface area contributed by atoms with Crippen LogP contribution in [0.2, 0.25) is 0 Å². The Morgan fingerprint density at radius 3 is 2.39 bits per heavy atom. The Hall–Kier alpha value is -3.00. The van der Waals surface area contributed by atoms with Crippen LogP contribution >= 0.6 is 27.3 Å². The first-order valence-electron chi connectivity index (χ1n) is 10.8. The van der Waals surface area contributed by atoms with Gasteiger partial charge in [-0.1, -0.05) is 0 Å². The van der Waals surface area contributed by atoms with E-state index < -0.39 is 21.9 Å². The number of aromatic nitrogens is 1. The summed E-state index contributed by atoms with van der Waals surface area (Å²) in [5, 5.41) is 2.78. The summed E-state index contributed by atoms with van der Waals surface area (Å²) < 4.78 is 39.0. The molecule has 2 aromatic heterocycles. The van der Waals surface area contributed by atoms with Crippen LogP contribution in [0.4, 0.5) is 17.2 Å². The molecule has 0 saturated carbocycles. The third kappa shape index (κ3) is 5.69. The number of carbonyl (C=O) groups is 2. The van der Waals surface area contributed by atoms with Crippen molar-refractivity contribution in [3.8, 4) is 0 Å². The largest absolute Gasteiger partial charge is 0.465 e. The van der Waals surface area contributed by atoms with Gasteiger partial charge in [0.15, 0.2) is 0 Å². The standard InChI is InChI=1S/C23H23BrN4O6S2/c1-14-19(22(29)26-17-7-8-18(25-13-17)28-9-11-34-12-10-28)35-21(24)20(14)36(31,32)27-16-5-3-15(4-6-16)23(30)33-2/h3-8,13,27H,9-12H2,1-2H3,(H,26,29). The molecule has 0 unspecified atom stereocenters. The second kappa shape index (κ2) is 10.9. The summed E-state index contributed by atoms with van der Waals surface area (Å²) in [5.41, 5.74) is 1.35. The zero-order valence-corrected chi connectivity index (χ0v) is 22.6. The van der Waals surface area contributed by atoms with Crippen molar-refractivity contribution in [3.05, 3.63) is 62.4 Å². The van der Waals surface area contributed by atoms with Crippen molar-refractivity contribution in [1.29, 1.82) is 0 Å². The average Bonchev–Trinajstić information content (AvgIpc) is 3.19. The van der Waals surface area contributed by atoms with Gasteiger partial charge in [-0.05, 0) is 64.8 Å². The van der Waals surface area contributed by atoms with Crippen molar-refractivity contribution in [2.75, 3.05) is 48.4 Å². The Labute approximate surface area is 220 Å². The van der Waals surface area contributed by atoms with Crippen molar-refractivity contribution < 1.29 is 27.5 Å². The maximum absolute atomic E-state index is 13.1. The van der Waals surface area contributed by atoms with E-state index in [1.54, 1.807) is 19.2 Å². The van der Waals surface area contributed by atoms with E-state index in [1.165, 1.54) is 31.4 Å². The lowest BCUT2D eigenvalue weighted by molar-refractivity contribution is 0.0600. The SMILES string of the molecule is COC(=O)c1ccc(NS(=O)(=O)c2c(Br)sc(C(=O)Nc3ccc(N4CCOCC4)nc3)c2C)cc1. The average molecular weight is 595 g/mol. The Kier molecular flexibility index (Phi) is 7.93. The topological polar surface area (TPSA) is 127 Å². The fourth-order valence-corrected chi connectivity index (χ4v) is 7.64. The van der Waals surface area contributed by atoms with Gasteiger partial charge in [-0.3, -0.25) is 9.52 Å². The van der Waals surface area contributed by atoms with Crippen molar-refractivity contribution in [2.24, 2.45) is 0 Å². The number of carbonyl (C=O) groups excluding carboxylic acids is 2. The van der Waals surface area contributed by atoms with Gasteiger partial charge in [0, 0.05) is 18.8 Å². The summed E-state index contributed by atoms with van der Waals surface area (Å²) in [6.07, 6.45) is 1.57. The highest BCUT2D eigenvalue weighted by Crippen LogP contribution is 2.37. The number of rotatable bonds is 7. The number of nitrogens with zero attached hydrogens (tertiary/aromatic N) is 2. The predicted octanol–water partition coefficient (Wildman–Crippen LogP) is 3.89. The summed E-state index contributed by atoms with van der Waals surface area (Å²) in [4.78, 5) is 31.3. The van der Waals surface area contributed by atoms with Crippen LogP contribution in [-0.4, -0.2) is 58.7 Å². The molecule has 0 radical (unpaired) electrons. The number of nitrogens with one attached hydrogen (secondary N) is 2. The number of morpholine rings is 1. The highest BCUT2D eigenvalue weighted by atomic mass is 79.9. The summed E-state index contributed by atoms with van der Waals surface area (Å²) >= 11 is 4.32. The van der Waals surface area contributed by atoms with Crippen molar-refractivity contribution in [3.63, 3.8) is 0 Å². The third-order valence-corrected chi connectivity index (χ3v) is 9.33. The van der Waals surface area contributed by atoms with Crippen LogP contribution in [0.5, 0.6) is 0 Å². The molecule has 4 rings (SSSR count). The molecule has 3 aromatic rings. The summed E-state index contributed by atoms with van der Waals surface area (Å²) in [5.74, 6) is -0.171. The number of pyridine rings is 1. The third-order valence-electron chi connectivity index (χ3n) is 5.43. The highest BCUT2D eigenvalue weighted by molar-refractivity contribution is 9.11. The summed E-state index contributed by atoms with van der Waals surface area (Å²) in [6.45, 7) is 4.37. The lowest BCUT2D eigenvalue weighted by atomic mass is 10.2. The number of esters is 1. The molecule has 1 aliphatic rings. The van der Waals surface area contributed by atoms with E-state index in [1.807, 2.05) is 6.07 Å². The number of sulfonamides is 1. The fourth-order valence-electron chi connectivity index (χ4n) is 3.61. The first-order valence-corrected chi connectivity index (χ1v) is 13.9. The maximum atomic E-state index is 13.1. The van der Waals surface area contributed by atoms with Crippen LogP contribution in [0.3, 0.4) is 0 Å². The van der Waals surface area contributed by atoms with Gasteiger partial charge in [0.05, 0.1) is 46.4 Å². The van der Waals surface area contributed by atoms with E-state index in [9.17, 15) is 18.0 Å². The molecule has 1 aromatic carbocycles. The fraction of sp³-hybridized carbons (Fsp3) is 0.261. The molecule has 13 heteroatoms. The maximum Gasteiger partial charge on any atom is 0.337 e. The van der Waals surface area contributed by atoms with Crippen LogP contribution in [0, 0.1) is 6.92 Å². The minimum atomic E-state index is -4.03. The van der Waals surface area contributed by atoms with Gasteiger partial charge < -0.3 is 19.7 Å². The normalized spacial score (nSPS) is 13.8. The number of methoxy groups -OCH3 is 1. The molecule has 0 atom stereocenters. The molecule has 3 heterocycles. The smallest absolute Gasteiger partial charge is 0.337 e. The molecule has 0 bridgehead atoms. The molecular formula is C23H23BrN4O6S2. The lowest BCUT2D eigenvalue weighted by Crippen LogP contribution is -2.36. The number of anilines is 3. The number of benzene rings is 1. The molecule has 1 aliphatic heterocycles. The highest BCUT2D eigenvalue weighted by Gasteiger charge is 2.28. The second-order valence-electron chi connectivity index (χ2n) is 7.79. The van der Waals surface area contributed by atoms with E-state index in [2.05, 4.69) is 40.6 Å². The Morgan fingerprint density at radius 2 is 1.78 bits per heavy atom. The van der Waals surface area contributed by atoms with Crippen LogP contribution in [0.1, 0.15) is 25.6 Å². The van der Waals surface area contributed by atoms with E-state index in [0.717, 1.165) is 30.2 Å². The monoisotopic (exact) mass is 594 g/mol. The zero-order chi connectivity index (χ0) is 25.9. The summed E-state index contributed by atoms with van der Waals surface area (Å²) in [7, 11) is -2.76. The van der Waals surface area contributed by atoms with Crippen molar-refractivity contribution >= 4 is 66.4 Å². The number of amides is 1. The van der Waals surface area contributed by atoms with E-state index >= 15 is 0 Å². The molecule has 0 aliphatic carbocycles. The molecule has 2 N–H and O–H groups in total. The minimum absolute atomic E-state index is 0.0320. The van der Waals surface area contributed by atoms with E-state index in [-0.39, 0.29) is 15.5 Å². The quantitative estimate of drug-likeness (QED) is 0.394. The number of hydrogen-bond acceptors (Lipinski definition) is 9. The van der Waals surface area contributed by atoms with Crippen LogP contribution in [0.25, 0.3) is 0 Å². The molecule has 0 spiro atoms. The molecule has 10 nitrogen and oxygen atoms in total. The molecular weight excluding hydrogens is 572 g/mol. The molecule has 1 fully saturated rings. The Morgan fingerprint density at radius 1 is 1.11 bits per heavy atom. The molecule has 1 saturated heterocycles. The van der Waals surface area contributed by atoms with Crippen LogP contribution < -0.4 is 14.9 Å².